The van der Waals surface area contributed by atoms with Gasteiger partial charge in [0.2, 0.25) is 5.91 Å². The van der Waals surface area contributed by atoms with Gasteiger partial charge in [0.1, 0.15) is 19.3 Å². The fourth-order valence-electron chi connectivity index (χ4n) is 4.25. The third kappa shape index (κ3) is 3.28. The number of aryl methyl sites for hydroxylation is 1. The number of carbonyl (C=O) groups excluding carboxylic acids is 1. The maximum absolute atomic E-state index is 13.3. The minimum atomic E-state index is -0.542. The van der Waals surface area contributed by atoms with Crippen LogP contribution in [0.1, 0.15) is 37.2 Å². The van der Waals surface area contributed by atoms with Crippen molar-refractivity contribution in [2.45, 2.75) is 32.9 Å². The summed E-state index contributed by atoms with van der Waals surface area (Å²) in [5, 5.41) is 3.93. The van der Waals surface area contributed by atoms with E-state index in [9.17, 15) is 9.59 Å². The molecule has 1 amide bonds. The van der Waals surface area contributed by atoms with Crippen LogP contribution < -0.4 is 20.3 Å². The van der Waals surface area contributed by atoms with E-state index in [1.807, 2.05) is 72.4 Å². The average Bonchev–Trinajstić information content (AvgIpc) is 3.12. The first-order valence-electron chi connectivity index (χ1n) is 10.6. The van der Waals surface area contributed by atoms with Crippen LogP contribution in [0.3, 0.4) is 0 Å². The summed E-state index contributed by atoms with van der Waals surface area (Å²) < 4.78 is 15.0. The number of amides is 1. The molecule has 0 aliphatic carbocycles. The number of hydrogen-bond donors (Lipinski definition) is 1. The fourth-order valence-corrected chi connectivity index (χ4v) is 4.25. The van der Waals surface area contributed by atoms with E-state index in [4.69, 9.17) is 9.47 Å². The first-order valence-corrected chi connectivity index (χ1v) is 10.6. The van der Waals surface area contributed by atoms with Crippen LogP contribution in [-0.2, 0) is 4.79 Å². The molecule has 4 aromatic rings. The molecule has 8 nitrogen and oxygen atoms in total. The van der Waals surface area contributed by atoms with Gasteiger partial charge in [-0.3, -0.25) is 14.3 Å². The molecule has 0 radical (unpaired) electrons. The number of nitrogens with zero attached hydrogens (tertiary/aromatic N) is 3. The highest BCUT2D eigenvalue weighted by molar-refractivity contribution is 5.94. The van der Waals surface area contributed by atoms with Gasteiger partial charge < -0.3 is 14.8 Å². The highest BCUT2D eigenvalue weighted by atomic mass is 16.6. The summed E-state index contributed by atoms with van der Waals surface area (Å²) in [4.78, 5) is 29.5. The van der Waals surface area contributed by atoms with Gasteiger partial charge in [0, 0.05) is 17.1 Å². The van der Waals surface area contributed by atoms with Crippen molar-refractivity contribution in [1.29, 1.82) is 0 Å². The minimum Gasteiger partial charge on any atom is -0.486 e. The molecule has 0 fully saturated rings. The average molecular weight is 432 g/mol. The zero-order chi connectivity index (χ0) is 22.4. The van der Waals surface area contributed by atoms with Gasteiger partial charge in [-0.2, -0.15) is 4.98 Å². The summed E-state index contributed by atoms with van der Waals surface area (Å²) in [5.74, 6) is 1.26. The van der Waals surface area contributed by atoms with Crippen LogP contribution in [0.15, 0.2) is 53.3 Å². The van der Waals surface area contributed by atoms with Crippen LogP contribution in [0.5, 0.6) is 11.5 Å². The lowest BCUT2D eigenvalue weighted by Gasteiger charge is -2.23. The number of rotatable bonds is 4. The molecule has 5 rings (SSSR count). The molecule has 8 heteroatoms. The number of para-hydroxylation sites is 1. The van der Waals surface area contributed by atoms with Crippen molar-refractivity contribution in [3.05, 3.63) is 70.1 Å². The summed E-state index contributed by atoms with van der Waals surface area (Å²) >= 11 is 0. The lowest BCUT2D eigenvalue weighted by atomic mass is 10.1. The van der Waals surface area contributed by atoms with E-state index >= 15 is 0 Å². The van der Waals surface area contributed by atoms with E-state index in [0.29, 0.717) is 30.4 Å². The Morgan fingerprint density at radius 1 is 1.06 bits per heavy atom. The number of benzene rings is 2. The molecule has 32 heavy (non-hydrogen) atoms. The molecule has 2 atom stereocenters. The van der Waals surface area contributed by atoms with Gasteiger partial charge in [0.15, 0.2) is 17.1 Å². The summed E-state index contributed by atoms with van der Waals surface area (Å²) in [6.45, 7) is 6.67. The second-order valence-corrected chi connectivity index (χ2v) is 8.04. The second kappa shape index (κ2) is 7.71. The number of fused-ring (bicyclic) bond motifs is 4. The van der Waals surface area contributed by atoms with E-state index in [-0.39, 0.29) is 17.5 Å². The first kappa shape index (κ1) is 20.1. The Kier molecular flexibility index (Phi) is 4.84. The highest BCUT2D eigenvalue weighted by Crippen LogP contribution is 2.33. The second-order valence-electron chi connectivity index (χ2n) is 8.04. The molecular formula is C24H24N4O4. The molecule has 164 valence electrons. The molecular weight excluding hydrogens is 408 g/mol. The van der Waals surface area contributed by atoms with Crippen molar-refractivity contribution in [2.75, 3.05) is 13.2 Å². The van der Waals surface area contributed by atoms with Crippen molar-refractivity contribution >= 4 is 22.5 Å². The van der Waals surface area contributed by atoms with Gasteiger partial charge in [-0.1, -0.05) is 18.2 Å². The predicted octanol–water partition coefficient (Wildman–Crippen LogP) is 3.17. The molecule has 1 N–H and O–H groups in total. The van der Waals surface area contributed by atoms with Crippen LogP contribution in [0.2, 0.25) is 0 Å². The Hall–Kier alpha value is -3.81. The Bertz CT molecular complexity index is 1400. The van der Waals surface area contributed by atoms with Gasteiger partial charge in [-0.25, -0.2) is 4.52 Å². The number of aromatic nitrogens is 3. The summed E-state index contributed by atoms with van der Waals surface area (Å²) in [6.07, 6.45) is 0. The minimum absolute atomic E-state index is 0.145. The Balaban J connectivity index is 1.49. The van der Waals surface area contributed by atoms with Gasteiger partial charge >= 0.3 is 0 Å². The molecule has 0 saturated heterocycles. The van der Waals surface area contributed by atoms with E-state index in [1.165, 1.54) is 6.07 Å². The molecule has 0 spiro atoms. The SMILES string of the molecule is Cc1cc(=O)nc2c3ccccc3n([C@H](C)C(=O)N[C@@H](C)c3ccc4c(c3)OCCO4)n12. The van der Waals surface area contributed by atoms with Gasteiger partial charge in [0.25, 0.3) is 5.56 Å². The van der Waals surface area contributed by atoms with Gasteiger partial charge in [-0.05, 0) is 50.6 Å². The number of hydrogen-bond acceptors (Lipinski definition) is 5. The quantitative estimate of drug-likeness (QED) is 0.535. The Morgan fingerprint density at radius 2 is 1.81 bits per heavy atom. The highest BCUT2D eigenvalue weighted by Gasteiger charge is 2.24. The summed E-state index contributed by atoms with van der Waals surface area (Å²) in [7, 11) is 0. The number of carbonyl (C=O) groups is 1. The molecule has 1 aliphatic rings. The fraction of sp³-hybridized carbons (Fsp3) is 0.292. The smallest absolute Gasteiger partial charge is 0.273 e. The van der Waals surface area contributed by atoms with Crippen molar-refractivity contribution in [3.63, 3.8) is 0 Å². The number of nitrogens with one attached hydrogen (secondary N) is 1. The molecule has 0 bridgehead atoms. The van der Waals surface area contributed by atoms with E-state index in [2.05, 4.69) is 10.3 Å². The summed E-state index contributed by atoms with van der Waals surface area (Å²) in [6, 6.07) is 14.1. The first-order chi connectivity index (χ1) is 15.4. The van der Waals surface area contributed by atoms with Crippen molar-refractivity contribution < 1.29 is 14.3 Å². The predicted molar refractivity (Wildman–Crippen MR) is 120 cm³/mol. The molecule has 2 aromatic carbocycles. The maximum atomic E-state index is 13.3. The summed E-state index contributed by atoms with van der Waals surface area (Å²) in [5.41, 5.74) is 2.73. The van der Waals surface area contributed by atoms with E-state index in [1.54, 1.807) is 0 Å². The Morgan fingerprint density at radius 3 is 2.62 bits per heavy atom. The van der Waals surface area contributed by atoms with Crippen LogP contribution >= 0.6 is 0 Å². The standard InChI is InChI=1S/C24H24N4O4/c1-14-12-22(29)26-23-18-6-4-5-7-19(18)28(27(14)23)16(3)24(30)25-15(2)17-8-9-20-21(13-17)32-11-10-31-20/h4-9,12-13,15-16H,10-11H2,1-3H3,(H,25,30)/t15-,16+/m0/s1. The van der Waals surface area contributed by atoms with Crippen LogP contribution in [-0.4, -0.2) is 33.3 Å². The van der Waals surface area contributed by atoms with E-state index < -0.39 is 6.04 Å². The van der Waals surface area contributed by atoms with Crippen LogP contribution in [0, 0.1) is 6.92 Å². The van der Waals surface area contributed by atoms with Crippen LogP contribution in [0.4, 0.5) is 0 Å². The zero-order valence-electron chi connectivity index (χ0n) is 18.2. The van der Waals surface area contributed by atoms with E-state index in [0.717, 1.165) is 22.2 Å². The lowest BCUT2D eigenvalue weighted by Crippen LogP contribution is -2.34. The molecule has 1 aliphatic heterocycles. The largest absolute Gasteiger partial charge is 0.486 e. The normalized spacial score (nSPS) is 15.0. The molecule has 2 aromatic heterocycles. The van der Waals surface area contributed by atoms with Crippen molar-refractivity contribution in [3.8, 4) is 11.5 Å². The maximum Gasteiger partial charge on any atom is 0.273 e. The molecule has 0 unspecified atom stereocenters. The molecule has 3 heterocycles. The lowest BCUT2D eigenvalue weighted by molar-refractivity contribution is -0.124. The monoisotopic (exact) mass is 432 g/mol. The topological polar surface area (TPSA) is 86.9 Å². The number of ether oxygens (including phenoxy) is 2. The van der Waals surface area contributed by atoms with Gasteiger partial charge in [-0.15, -0.1) is 0 Å². The molecule has 0 saturated carbocycles. The van der Waals surface area contributed by atoms with Crippen molar-refractivity contribution in [1.82, 2.24) is 19.5 Å². The zero-order valence-corrected chi connectivity index (χ0v) is 18.2. The van der Waals surface area contributed by atoms with Gasteiger partial charge in [0.05, 0.1) is 11.6 Å². The third-order valence-corrected chi connectivity index (χ3v) is 5.86. The van der Waals surface area contributed by atoms with Crippen molar-refractivity contribution in [2.24, 2.45) is 0 Å². The Labute approximate surface area is 184 Å². The third-order valence-electron chi connectivity index (χ3n) is 5.86. The van der Waals surface area contributed by atoms with Crippen LogP contribution in [0.25, 0.3) is 16.6 Å².